The molecule has 0 spiro atoms. The van der Waals surface area contributed by atoms with E-state index in [4.69, 9.17) is 5.11 Å². The van der Waals surface area contributed by atoms with Crippen molar-refractivity contribution in [3.63, 3.8) is 0 Å². The Balaban J connectivity index is 2.61. The summed E-state index contributed by atoms with van der Waals surface area (Å²) in [5, 5.41) is 8.70. The van der Waals surface area contributed by atoms with Crippen LogP contribution in [0.3, 0.4) is 0 Å². The topological polar surface area (TPSA) is 97.2 Å². The Morgan fingerprint density at radius 3 is 2.60 bits per heavy atom. The van der Waals surface area contributed by atoms with Crippen molar-refractivity contribution in [2.75, 3.05) is 0 Å². The summed E-state index contributed by atoms with van der Waals surface area (Å²) in [4.78, 5) is 18.1. The lowest BCUT2D eigenvalue weighted by Crippen LogP contribution is -2.08. The van der Waals surface area contributed by atoms with E-state index in [0.29, 0.717) is 17.0 Å². The monoisotopic (exact) mass is 228 g/mol. The molecule has 0 unspecified atom stereocenters. The molecular formula is C8H8N2O4S. The molecule has 0 atom stereocenters. The summed E-state index contributed by atoms with van der Waals surface area (Å²) in [5.41, 5.74) is 1.29. The van der Waals surface area contributed by atoms with Crippen molar-refractivity contribution in [1.82, 2.24) is 9.97 Å². The largest absolute Gasteiger partial charge is 0.475 e. The fourth-order valence-electron chi connectivity index (χ4n) is 1.54. The smallest absolute Gasteiger partial charge is 0.373 e. The number of aromatic nitrogens is 2. The first-order valence-corrected chi connectivity index (χ1v) is 6.01. The van der Waals surface area contributed by atoms with Crippen LogP contribution in [0.1, 0.15) is 27.6 Å². The minimum Gasteiger partial charge on any atom is -0.475 e. The van der Waals surface area contributed by atoms with Crippen LogP contribution in [0.15, 0.2) is 0 Å². The number of aromatic carboxylic acids is 1. The van der Waals surface area contributed by atoms with Crippen molar-refractivity contribution in [2.45, 2.75) is 18.4 Å². The van der Waals surface area contributed by atoms with Gasteiger partial charge in [-0.15, -0.1) is 0 Å². The standard InChI is InChI=1S/C8H8N2O4S/c1-4-5-2-15(13,14)3-6(5)10-7(9-4)8(11)12/h2-3H2,1H3,(H,11,12). The average Bonchev–Trinajstić information content (AvgIpc) is 2.39. The van der Waals surface area contributed by atoms with E-state index < -0.39 is 15.8 Å². The van der Waals surface area contributed by atoms with E-state index in [9.17, 15) is 13.2 Å². The molecule has 1 aromatic rings. The van der Waals surface area contributed by atoms with Crippen LogP contribution in [0.4, 0.5) is 0 Å². The van der Waals surface area contributed by atoms with Gasteiger partial charge >= 0.3 is 5.97 Å². The molecule has 7 heteroatoms. The molecule has 1 N–H and O–H groups in total. The minimum absolute atomic E-state index is 0.0892. The molecular weight excluding hydrogens is 220 g/mol. The Kier molecular flexibility index (Phi) is 2.00. The molecule has 0 radical (unpaired) electrons. The number of carbonyl (C=O) groups is 1. The second-order valence-electron chi connectivity index (χ2n) is 3.40. The Bertz CT molecular complexity index is 550. The van der Waals surface area contributed by atoms with E-state index in [2.05, 4.69) is 9.97 Å². The molecule has 0 amide bonds. The van der Waals surface area contributed by atoms with Crippen molar-refractivity contribution in [3.8, 4) is 0 Å². The first kappa shape index (κ1) is 10.0. The van der Waals surface area contributed by atoms with E-state index in [1.165, 1.54) is 0 Å². The fourth-order valence-corrected chi connectivity index (χ4v) is 3.11. The predicted octanol–water partition coefficient (Wildman–Crippen LogP) is -0.0884. The van der Waals surface area contributed by atoms with Crippen LogP contribution in [-0.2, 0) is 21.3 Å². The summed E-state index contributed by atoms with van der Waals surface area (Å²) in [6, 6.07) is 0. The molecule has 15 heavy (non-hydrogen) atoms. The number of nitrogens with zero attached hydrogens (tertiary/aromatic N) is 2. The zero-order valence-electron chi connectivity index (χ0n) is 7.89. The van der Waals surface area contributed by atoms with Crippen molar-refractivity contribution in [1.29, 1.82) is 0 Å². The van der Waals surface area contributed by atoms with Crippen molar-refractivity contribution < 1.29 is 18.3 Å². The Morgan fingerprint density at radius 1 is 1.33 bits per heavy atom. The van der Waals surface area contributed by atoms with E-state index >= 15 is 0 Å². The molecule has 6 nitrogen and oxygen atoms in total. The molecule has 80 valence electrons. The van der Waals surface area contributed by atoms with Gasteiger partial charge in [-0.25, -0.2) is 23.2 Å². The van der Waals surface area contributed by atoms with Crippen LogP contribution in [0.5, 0.6) is 0 Å². The number of hydrogen-bond acceptors (Lipinski definition) is 5. The van der Waals surface area contributed by atoms with E-state index in [1.54, 1.807) is 6.92 Å². The molecule has 1 aliphatic heterocycles. The summed E-state index contributed by atoms with van der Waals surface area (Å²) < 4.78 is 22.6. The maximum Gasteiger partial charge on any atom is 0.373 e. The highest BCUT2D eigenvalue weighted by molar-refractivity contribution is 7.90. The zero-order chi connectivity index (χ0) is 11.2. The zero-order valence-corrected chi connectivity index (χ0v) is 8.71. The number of carboxylic acid groups (broad SMARTS) is 1. The first-order valence-electron chi connectivity index (χ1n) is 4.19. The maximum atomic E-state index is 11.3. The van der Waals surface area contributed by atoms with Gasteiger partial charge in [-0.05, 0) is 6.92 Å². The van der Waals surface area contributed by atoms with Gasteiger partial charge in [-0.1, -0.05) is 0 Å². The Morgan fingerprint density at radius 2 is 2.00 bits per heavy atom. The SMILES string of the molecule is Cc1nc(C(=O)O)nc2c1CS(=O)(=O)C2. The van der Waals surface area contributed by atoms with Crippen molar-refractivity contribution in [3.05, 3.63) is 22.8 Å². The highest BCUT2D eigenvalue weighted by Crippen LogP contribution is 2.25. The molecule has 1 aromatic heterocycles. The van der Waals surface area contributed by atoms with Crippen LogP contribution in [0.2, 0.25) is 0 Å². The molecule has 0 bridgehead atoms. The van der Waals surface area contributed by atoms with E-state index in [0.717, 1.165) is 0 Å². The molecule has 0 saturated carbocycles. The van der Waals surface area contributed by atoms with E-state index in [1.807, 2.05) is 0 Å². The van der Waals surface area contributed by atoms with E-state index in [-0.39, 0.29) is 17.3 Å². The molecule has 0 aromatic carbocycles. The quantitative estimate of drug-likeness (QED) is 0.721. The third kappa shape index (κ3) is 1.70. The molecule has 1 aliphatic rings. The number of sulfone groups is 1. The lowest BCUT2D eigenvalue weighted by Gasteiger charge is -2.01. The lowest BCUT2D eigenvalue weighted by atomic mass is 10.2. The third-order valence-corrected chi connectivity index (χ3v) is 3.65. The van der Waals surface area contributed by atoms with Crippen LogP contribution in [-0.4, -0.2) is 29.5 Å². The van der Waals surface area contributed by atoms with Gasteiger partial charge < -0.3 is 5.11 Å². The molecule has 0 fully saturated rings. The average molecular weight is 228 g/mol. The second kappa shape index (κ2) is 2.99. The predicted molar refractivity (Wildman–Crippen MR) is 50.1 cm³/mol. The Labute approximate surface area is 85.9 Å². The molecule has 0 saturated heterocycles. The van der Waals surface area contributed by atoms with Gasteiger partial charge in [0, 0.05) is 11.3 Å². The normalized spacial score (nSPS) is 17.4. The second-order valence-corrected chi connectivity index (χ2v) is 5.46. The fraction of sp³-hybridized carbons (Fsp3) is 0.375. The highest BCUT2D eigenvalue weighted by atomic mass is 32.2. The minimum atomic E-state index is -3.17. The van der Waals surface area contributed by atoms with Gasteiger partial charge in [-0.2, -0.15) is 0 Å². The summed E-state index contributed by atoms with van der Waals surface area (Å²) in [5.74, 6) is -1.87. The van der Waals surface area contributed by atoms with Crippen LogP contribution in [0.25, 0.3) is 0 Å². The first-order chi connectivity index (χ1) is 6.89. The summed E-state index contributed by atoms with van der Waals surface area (Å²) in [6.07, 6.45) is 0. The number of carboxylic acids is 1. The summed E-state index contributed by atoms with van der Waals surface area (Å²) in [7, 11) is -3.17. The number of hydrogen-bond donors (Lipinski definition) is 1. The van der Waals surface area contributed by atoms with Gasteiger partial charge in [-0.3, -0.25) is 0 Å². The highest BCUT2D eigenvalue weighted by Gasteiger charge is 2.29. The van der Waals surface area contributed by atoms with Gasteiger partial charge in [0.15, 0.2) is 9.84 Å². The van der Waals surface area contributed by atoms with Crippen molar-refractivity contribution >= 4 is 15.8 Å². The van der Waals surface area contributed by atoms with Gasteiger partial charge in [0.1, 0.15) is 0 Å². The van der Waals surface area contributed by atoms with Gasteiger partial charge in [0.05, 0.1) is 17.2 Å². The maximum absolute atomic E-state index is 11.3. The van der Waals surface area contributed by atoms with Crippen LogP contribution in [0, 0.1) is 6.92 Å². The Hall–Kier alpha value is -1.50. The van der Waals surface area contributed by atoms with Gasteiger partial charge in [0.25, 0.3) is 0 Å². The third-order valence-electron chi connectivity index (χ3n) is 2.21. The molecule has 2 heterocycles. The van der Waals surface area contributed by atoms with Crippen LogP contribution < -0.4 is 0 Å². The lowest BCUT2D eigenvalue weighted by molar-refractivity contribution is 0.0682. The summed E-state index contributed by atoms with van der Waals surface area (Å²) in [6.45, 7) is 1.59. The molecule has 2 rings (SSSR count). The number of aryl methyl sites for hydroxylation is 1. The number of rotatable bonds is 1. The summed E-state index contributed by atoms with van der Waals surface area (Å²) >= 11 is 0. The number of fused-ring (bicyclic) bond motifs is 1. The van der Waals surface area contributed by atoms with Crippen LogP contribution >= 0.6 is 0 Å². The molecule has 0 aliphatic carbocycles. The van der Waals surface area contributed by atoms with Crippen molar-refractivity contribution in [2.24, 2.45) is 0 Å². The van der Waals surface area contributed by atoms with Gasteiger partial charge in [0.2, 0.25) is 5.82 Å².